The summed E-state index contributed by atoms with van der Waals surface area (Å²) in [7, 11) is 3.25. The molecule has 0 aromatic carbocycles. The quantitative estimate of drug-likeness (QED) is 0.306. The van der Waals surface area contributed by atoms with Crippen LogP contribution in [0.3, 0.4) is 0 Å². The van der Waals surface area contributed by atoms with Crippen LogP contribution in [0.15, 0.2) is 12.2 Å². The molecule has 1 atom stereocenters. The summed E-state index contributed by atoms with van der Waals surface area (Å²) in [5.74, 6) is 0.613. The SMILES string of the molecule is C=C(C)C(=O)OCCOC(=O)CCSCC(COC)OC. The van der Waals surface area contributed by atoms with Crippen molar-refractivity contribution in [1.29, 1.82) is 0 Å². The predicted molar refractivity (Wildman–Crippen MR) is 81.3 cm³/mol. The van der Waals surface area contributed by atoms with Crippen molar-refractivity contribution in [1.82, 2.24) is 0 Å². The average molecular weight is 320 g/mol. The summed E-state index contributed by atoms with van der Waals surface area (Å²) in [5, 5.41) is 0. The van der Waals surface area contributed by atoms with Gasteiger partial charge in [-0.15, -0.1) is 0 Å². The van der Waals surface area contributed by atoms with Gasteiger partial charge in [-0.05, 0) is 6.92 Å². The summed E-state index contributed by atoms with van der Waals surface area (Å²) in [6.45, 7) is 5.64. The highest BCUT2D eigenvalue weighted by Gasteiger charge is 2.09. The van der Waals surface area contributed by atoms with Gasteiger partial charge in [-0.3, -0.25) is 4.79 Å². The lowest BCUT2D eigenvalue weighted by Gasteiger charge is -2.13. The third-order valence-electron chi connectivity index (χ3n) is 2.37. The van der Waals surface area contributed by atoms with Gasteiger partial charge in [-0.1, -0.05) is 6.58 Å². The molecule has 0 rings (SSSR count). The molecule has 122 valence electrons. The topological polar surface area (TPSA) is 71.1 Å². The predicted octanol–water partition coefficient (Wildman–Crippen LogP) is 1.43. The Labute approximate surface area is 130 Å². The Morgan fingerprint density at radius 3 is 2.43 bits per heavy atom. The van der Waals surface area contributed by atoms with Crippen LogP contribution in [0.5, 0.6) is 0 Å². The third-order valence-corrected chi connectivity index (χ3v) is 3.47. The van der Waals surface area contributed by atoms with Crippen molar-refractivity contribution in [2.45, 2.75) is 19.4 Å². The molecule has 0 aromatic heterocycles. The number of ether oxygens (including phenoxy) is 4. The molecule has 0 bridgehead atoms. The largest absolute Gasteiger partial charge is 0.462 e. The summed E-state index contributed by atoms with van der Waals surface area (Å²) in [6.07, 6.45) is 0.334. The van der Waals surface area contributed by atoms with Crippen LogP contribution in [0.2, 0.25) is 0 Å². The number of carbonyl (C=O) groups excluding carboxylic acids is 2. The van der Waals surface area contributed by atoms with Gasteiger partial charge in [0.05, 0.1) is 19.1 Å². The molecule has 1 unspecified atom stereocenters. The van der Waals surface area contributed by atoms with E-state index in [2.05, 4.69) is 6.58 Å². The van der Waals surface area contributed by atoms with E-state index in [1.807, 2.05) is 0 Å². The van der Waals surface area contributed by atoms with Gasteiger partial charge in [0.2, 0.25) is 0 Å². The first-order chi connectivity index (χ1) is 10.0. The van der Waals surface area contributed by atoms with Crippen molar-refractivity contribution in [3.05, 3.63) is 12.2 Å². The van der Waals surface area contributed by atoms with Crippen molar-refractivity contribution in [2.75, 3.05) is 45.5 Å². The first-order valence-electron chi connectivity index (χ1n) is 6.59. The minimum atomic E-state index is -0.481. The van der Waals surface area contributed by atoms with Crippen molar-refractivity contribution < 1.29 is 28.5 Å². The van der Waals surface area contributed by atoms with E-state index in [9.17, 15) is 9.59 Å². The molecule has 7 heteroatoms. The first-order valence-corrected chi connectivity index (χ1v) is 7.74. The van der Waals surface area contributed by atoms with Crippen LogP contribution < -0.4 is 0 Å². The van der Waals surface area contributed by atoms with Crippen LogP contribution in [0.4, 0.5) is 0 Å². The highest BCUT2D eigenvalue weighted by atomic mass is 32.2. The van der Waals surface area contributed by atoms with Crippen LogP contribution in [0.25, 0.3) is 0 Å². The zero-order valence-electron chi connectivity index (χ0n) is 12.9. The van der Waals surface area contributed by atoms with E-state index in [1.54, 1.807) is 32.9 Å². The molecule has 0 radical (unpaired) electrons. The highest BCUT2D eigenvalue weighted by Crippen LogP contribution is 2.08. The standard InChI is InChI=1S/C14H24O6S/c1-11(2)14(16)20-7-6-19-13(15)5-8-21-10-12(18-4)9-17-3/h12H,1,5-10H2,2-4H3. The minimum absolute atomic E-state index is 0.0255. The molecule has 0 aliphatic heterocycles. The second-order valence-electron chi connectivity index (χ2n) is 4.27. The van der Waals surface area contributed by atoms with Gasteiger partial charge < -0.3 is 18.9 Å². The minimum Gasteiger partial charge on any atom is -0.462 e. The zero-order valence-corrected chi connectivity index (χ0v) is 13.7. The van der Waals surface area contributed by atoms with Crippen LogP contribution in [0.1, 0.15) is 13.3 Å². The lowest BCUT2D eigenvalue weighted by molar-refractivity contribution is -0.149. The molecule has 0 aromatic rings. The van der Waals surface area contributed by atoms with E-state index in [0.717, 1.165) is 5.75 Å². The van der Waals surface area contributed by atoms with E-state index in [4.69, 9.17) is 18.9 Å². The Balaban J connectivity index is 3.54. The molecule has 0 saturated carbocycles. The molecular weight excluding hydrogens is 296 g/mol. The Morgan fingerprint density at radius 1 is 1.19 bits per heavy atom. The maximum absolute atomic E-state index is 11.4. The fourth-order valence-corrected chi connectivity index (χ4v) is 2.20. The lowest BCUT2D eigenvalue weighted by Crippen LogP contribution is -2.20. The molecule has 0 fully saturated rings. The number of thioether (sulfide) groups is 1. The maximum atomic E-state index is 11.4. The van der Waals surface area contributed by atoms with Gasteiger partial charge in [0, 0.05) is 31.3 Å². The number of hydrogen-bond acceptors (Lipinski definition) is 7. The summed E-state index contributed by atoms with van der Waals surface area (Å²) in [6, 6.07) is 0. The monoisotopic (exact) mass is 320 g/mol. The van der Waals surface area contributed by atoms with Crippen molar-refractivity contribution >= 4 is 23.7 Å². The van der Waals surface area contributed by atoms with E-state index in [1.165, 1.54) is 0 Å². The second kappa shape index (κ2) is 12.7. The van der Waals surface area contributed by atoms with Crippen molar-refractivity contribution in [3.63, 3.8) is 0 Å². The highest BCUT2D eigenvalue weighted by molar-refractivity contribution is 7.99. The lowest BCUT2D eigenvalue weighted by atomic mass is 10.4. The molecule has 0 spiro atoms. The number of carbonyl (C=O) groups is 2. The zero-order chi connectivity index (χ0) is 16.1. The van der Waals surface area contributed by atoms with Gasteiger partial charge in [0.1, 0.15) is 13.2 Å². The number of rotatable bonds is 12. The number of methoxy groups -OCH3 is 2. The smallest absolute Gasteiger partial charge is 0.333 e. The first kappa shape index (κ1) is 19.9. The molecule has 0 saturated heterocycles. The van der Waals surface area contributed by atoms with Gasteiger partial charge in [-0.2, -0.15) is 11.8 Å². The molecule has 0 heterocycles. The molecular formula is C14H24O6S. The Bertz CT molecular complexity index is 331. The Kier molecular flexibility index (Phi) is 12.0. The van der Waals surface area contributed by atoms with Crippen LogP contribution in [-0.4, -0.2) is 63.6 Å². The van der Waals surface area contributed by atoms with E-state index in [-0.39, 0.29) is 25.3 Å². The van der Waals surface area contributed by atoms with E-state index < -0.39 is 5.97 Å². The van der Waals surface area contributed by atoms with Crippen LogP contribution in [0, 0.1) is 0 Å². The fourth-order valence-electron chi connectivity index (χ4n) is 1.23. The molecule has 0 aliphatic carbocycles. The summed E-state index contributed by atoms with van der Waals surface area (Å²) < 4.78 is 19.9. The maximum Gasteiger partial charge on any atom is 0.333 e. The molecule has 0 N–H and O–H groups in total. The van der Waals surface area contributed by atoms with Crippen molar-refractivity contribution in [2.24, 2.45) is 0 Å². The second-order valence-corrected chi connectivity index (χ2v) is 5.42. The van der Waals surface area contributed by atoms with Crippen LogP contribution in [-0.2, 0) is 28.5 Å². The van der Waals surface area contributed by atoms with Crippen LogP contribution >= 0.6 is 11.8 Å². The normalized spacial score (nSPS) is 11.8. The Morgan fingerprint density at radius 2 is 1.86 bits per heavy atom. The molecule has 0 aliphatic rings. The van der Waals surface area contributed by atoms with E-state index in [0.29, 0.717) is 24.4 Å². The molecule has 21 heavy (non-hydrogen) atoms. The summed E-state index contributed by atoms with van der Waals surface area (Å²) in [4.78, 5) is 22.5. The Hall–Kier alpha value is -1.05. The van der Waals surface area contributed by atoms with Crippen molar-refractivity contribution in [3.8, 4) is 0 Å². The summed E-state index contributed by atoms with van der Waals surface area (Å²) >= 11 is 1.60. The van der Waals surface area contributed by atoms with Gasteiger partial charge in [-0.25, -0.2) is 4.79 Å². The molecule has 0 amide bonds. The van der Waals surface area contributed by atoms with Gasteiger partial charge in [0.25, 0.3) is 0 Å². The van der Waals surface area contributed by atoms with Gasteiger partial charge >= 0.3 is 11.9 Å². The van der Waals surface area contributed by atoms with Gasteiger partial charge in [0.15, 0.2) is 0 Å². The average Bonchev–Trinajstić information content (AvgIpc) is 2.46. The number of hydrogen-bond donors (Lipinski definition) is 0. The molecule has 6 nitrogen and oxygen atoms in total. The third kappa shape index (κ3) is 11.3. The van der Waals surface area contributed by atoms with E-state index >= 15 is 0 Å². The number of esters is 2. The summed E-state index contributed by atoms with van der Waals surface area (Å²) in [5.41, 5.74) is 0.321. The fraction of sp³-hybridized carbons (Fsp3) is 0.714.